The van der Waals surface area contributed by atoms with Crippen molar-refractivity contribution in [3.63, 3.8) is 0 Å². The number of hydrogen-bond donors (Lipinski definition) is 2. The summed E-state index contributed by atoms with van der Waals surface area (Å²) >= 11 is 0. The highest BCUT2D eigenvalue weighted by molar-refractivity contribution is 5.90. The van der Waals surface area contributed by atoms with Gasteiger partial charge in [0.25, 0.3) is 0 Å². The summed E-state index contributed by atoms with van der Waals surface area (Å²) < 4.78 is 0. The molecule has 0 saturated carbocycles. The Morgan fingerprint density at radius 1 is 0.913 bits per heavy atom. The zero-order chi connectivity index (χ0) is 16.5. The van der Waals surface area contributed by atoms with Crippen LogP contribution in [0.3, 0.4) is 0 Å². The second kappa shape index (κ2) is 8.96. The van der Waals surface area contributed by atoms with Gasteiger partial charge in [-0.3, -0.25) is 4.90 Å². The predicted octanol–water partition coefficient (Wildman–Crippen LogP) is 3.10. The normalized spacial score (nSPS) is 10.5. The van der Waals surface area contributed by atoms with Gasteiger partial charge in [-0.25, -0.2) is 4.79 Å². The molecule has 0 saturated heterocycles. The zero-order valence-electron chi connectivity index (χ0n) is 13.4. The molecular formula is C19H25N3O. The smallest absolute Gasteiger partial charge is 0.319 e. The predicted molar refractivity (Wildman–Crippen MR) is 95.5 cm³/mol. The Bertz CT molecular complexity index is 613. The Morgan fingerprint density at radius 3 is 2.35 bits per heavy atom. The minimum absolute atomic E-state index is 0.408. The van der Waals surface area contributed by atoms with E-state index in [9.17, 15) is 4.79 Å². The van der Waals surface area contributed by atoms with E-state index in [4.69, 9.17) is 11.5 Å². The number of urea groups is 1. The molecule has 0 radical (unpaired) electrons. The molecule has 23 heavy (non-hydrogen) atoms. The van der Waals surface area contributed by atoms with Gasteiger partial charge in [0.05, 0.1) is 0 Å². The summed E-state index contributed by atoms with van der Waals surface area (Å²) in [5.41, 5.74) is 14.4. The van der Waals surface area contributed by atoms with E-state index in [2.05, 4.69) is 12.1 Å². The van der Waals surface area contributed by atoms with Crippen LogP contribution in [0.4, 0.5) is 10.5 Å². The van der Waals surface area contributed by atoms with Crippen LogP contribution in [0.5, 0.6) is 0 Å². The van der Waals surface area contributed by atoms with E-state index in [1.165, 1.54) is 5.56 Å². The van der Waals surface area contributed by atoms with Gasteiger partial charge in [0.1, 0.15) is 0 Å². The lowest BCUT2D eigenvalue weighted by Crippen LogP contribution is -2.36. The molecule has 2 rings (SSSR count). The highest BCUT2D eigenvalue weighted by atomic mass is 16.2. The van der Waals surface area contributed by atoms with Gasteiger partial charge in [-0.1, -0.05) is 42.5 Å². The first kappa shape index (κ1) is 17.0. The fraction of sp³-hybridized carbons (Fsp3) is 0.316. The molecule has 0 heterocycles. The standard InChI is InChI=1S/C19H25N3O/c20-13-12-17-10-6-11-18(15-17)22(19(21)23)14-5-4-9-16-7-2-1-3-8-16/h1-3,6-8,10-11,15H,4-5,9,12-14,20H2,(H2,21,23). The number of nitrogens with zero attached hydrogens (tertiary/aromatic N) is 1. The third-order valence-corrected chi connectivity index (χ3v) is 3.86. The number of benzene rings is 2. The van der Waals surface area contributed by atoms with Gasteiger partial charge in [-0.2, -0.15) is 0 Å². The van der Waals surface area contributed by atoms with Crippen LogP contribution in [0.2, 0.25) is 0 Å². The molecule has 4 nitrogen and oxygen atoms in total. The molecule has 122 valence electrons. The highest BCUT2D eigenvalue weighted by Gasteiger charge is 2.12. The van der Waals surface area contributed by atoms with Gasteiger partial charge >= 0.3 is 6.03 Å². The van der Waals surface area contributed by atoms with Crippen molar-refractivity contribution in [3.8, 4) is 0 Å². The van der Waals surface area contributed by atoms with Crippen LogP contribution in [-0.4, -0.2) is 19.1 Å². The lowest BCUT2D eigenvalue weighted by Gasteiger charge is -2.21. The molecule has 0 aliphatic carbocycles. The van der Waals surface area contributed by atoms with E-state index in [1.807, 2.05) is 42.5 Å². The monoisotopic (exact) mass is 311 g/mol. The van der Waals surface area contributed by atoms with Crippen molar-refractivity contribution in [2.75, 3.05) is 18.0 Å². The van der Waals surface area contributed by atoms with Gasteiger partial charge in [0.15, 0.2) is 0 Å². The van der Waals surface area contributed by atoms with Crippen LogP contribution in [-0.2, 0) is 12.8 Å². The number of rotatable bonds is 8. The van der Waals surface area contributed by atoms with Gasteiger partial charge in [0, 0.05) is 12.2 Å². The van der Waals surface area contributed by atoms with Gasteiger partial charge in [-0.05, 0) is 55.5 Å². The fourth-order valence-corrected chi connectivity index (χ4v) is 2.66. The Labute approximate surface area is 138 Å². The average Bonchev–Trinajstić information content (AvgIpc) is 2.56. The third kappa shape index (κ3) is 5.42. The molecule has 0 atom stereocenters. The molecule has 2 amide bonds. The number of aryl methyl sites for hydroxylation is 1. The van der Waals surface area contributed by atoms with Gasteiger partial charge in [-0.15, -0.1) is 0 Å². The minimum Gasteiger partial charge on any atom is -0.351 e. The fourth-order valence-electron chi connectivity index (χ4n) is 2.66. The molecule has 0 bridgehead atoms. The van der Waals surface area contributed by atoms with Crippen LogP contribution in [0.25, 0.3) is 0 Å². The SMILES string of the molecule is NCCc1cccc(N(CCCCc2ccccc2)C(N)=O)c1. The maximum absolute atomic E-state index is 11.8. The van der Waals surface area contributed by atoms with E-state index in [1.54, 1.807) is 4.90 Å². The van der Waals surface area contributed by atoms with Crippen LogP contribution in [0, 0.1) is 0 Å². The Morgan fingerprint density at radius 2 is 1.65 bits per heavy atom. The second-order valence-electron chi connectivity index (χ2n) is 5.64. The molecule has 2 aromatic rings. The summed E-state index contributed by atoms with van der Waals surface area (Å²) in [5.74, 6) is 0. The summed E-state index contributed by atoms with van der Waals surface area (Å²) in [6.07, 6.45) is 3.75. The van der Waals surface area contributed by atoms with E-state index in [0.29, 0.717) is 13.1 Å². The highest BCUT2D eigenvalue weighted by Crippen LogP contribution is 2.17. The first-order valence-electron chi connectivity index (χ1n) is 8.10. The molecule has 0 aliphatic heterocycles. The van der Waals surface area contributed by atoms with Gasteiger partial charge < -0.3 is 11.5 Å². The zero-order valence-corrected chi connectivity index (χ0v) is 13.4. The van der Waals surface area contributed by atoms with Crippen molar-refractivity contribution in [1.29, 1.82) is 0 Å². The number of hydrogen-bond acceptors (Lipinski definition) is 2. The number of primary amides is 1. The number of nitrogens with two attached hydrogens (primary N) is 2. The Kier molecular flexibility index (Phi) is 6.63. The number of anilines is 1. The van der Waals surface area contributed by atoms with E-state index >= 15 is 0 Å². The first-order chi connectivity index (χ1) is 11.2. The maximum Gasteiger partial charge on any atom is 0.319 e. The molecule has 4 N–H and O–H groups in total. The van der Waals surface area contributed by atoms with E-state index in [0.717, 1.165) is 36.9 Å². The molecule has 4 heteroatoms. The molecule has 0 unspecified atom stereocenters. The van der Waals surface area contributed by atoms with Crippen molar-refractivity contribution in [3.05, 3.63) is 65.7 Å². The summed E-state index contributed by atoms with van der Waals surface area (Å²) in [5, 5.41) is 0. The number of carbonyl (C=O) groups excluding carboxylic acids is 1. The maximum atomic E-state index is 11.8. The lowest BCUT2D eigenvalue weighted by atomic mass is 10.1. The molecular weight excluding hydrogens is 286 g/mol. The van der Waals surface area contributed by atoms with Crippen molar-refractivity contribution in [2.24, 2.45) is 11.5 Å². The first-order valence-corrected chi connectivity index (χ1v) is 8.10. The second-order valence-corrected chi connectivity index (χ2v) is 5.64. The van der Waals surface area contributed by atoms with Crippen molar-refractivity contribution >= 4 is 11.7 Å². The summed E-state index contributed by atoms with van der Waals surface area (Å²) in [7, 11) is 0. The average molecular weight is 311 g/mol. The van der Waals surface area contributed by atoms with E-state index in [-0.39, 0.29) is 0 Å². The third-order valence-electron chi connectivity index (χ3n) is 3.86. The molecule has 0 fully saturated rings. The number of unbranched alkanes of at least 4 members (excludes halogenated alkanes) is 1. The van der Waals surface area contributed by atoms with Crippen molar-refractivity contribution in [2.45, 2.75) is 25.7 Å². The Hall–Kier alpha value is -2.33. The summed E-state index contributed by atoms with van der Waals surface area (Å²) in [4.78, 5) is 13.4. The topological polar surface area (TPSA) is 72.3 Å². The molecule has 0 aliphatic rings. The quantitative estimate of drug-likeness (QED) is 0.735. The van der Waals surface area contributed by atoms with E-state index < -0.39 is 6.03 Å². The van der Waals surface area contributed by atoms with Crippen molar-refractivity contribution in [1.82, 2.24) is 0 Å². The minimum atomic E-state index is -0.408. The Balaban J connectivity index is 1.91. The number of carbonyl (C=O) groups is 1. The number of amides is 2. The summed E-state index contributed by atoms with van der Waals surface area (Å²) in [6, 6.07) is 17.8. The van der Waals surface area contributed by atoms with Crippen molar-refractivity contribution < 1.29 is 4.79 Å². The summed E-state index contributed by atoms with van der Waals surface area (Å²) in [6.45, 7) is 1.23. The van der Waals surface area contributed by atoms with Crippen LogP contribution in [0.15, 0.2) is 54.6 Å². The van der Waals surface area contributed by atoms with Crippen LogP contribution in [0.1, 0.15) is 24.0 Å². The molecule has 0 aromatic heterocycles. The largest absolute Gasteiger partial charge is 0.351 e. The van der Waals surface area contributed by atoms with Gasteiger partial charge in [0.2, 0.25) is 0 Å². The molecule has 2 aromatic carbocycles. The molecule has 0 spiro atoms. The van der Waals surface area contributed by atoms with Crippen LogP contribution < -0.4 is 16.4 Å². The van der Waals surface area contributed by atoms with Crippen LogP contribution >= 0.6 is 0 Å². The lowest BCUT2D eigenvalue weighted by molar-refractivity contribution is 0.254.